The molecule has 2 N–H and O–H groups in total. The quantitative estimate of drug-likeness (QED) is 0.879. The topological polar surface area (TPSA) is 52.6 Å². The van der Waals surface area contributed by atoms with Crippen LogP contribution in [0.2, 0.25) is 5.02 Å². The van der Waals surface area contributed by atoms with Crippen LogP contribution in [0.3, 0.4) is 0 Å². The summed E-state index contributed by atoms with van der Waals surface area (Å²) in [7, 11) is 1.72. The monoisotopic (exact) mass is 302 g/mol. The van der Waals surface area contributed by atoms with Gasteiger partial charge in [0.05, 0.1) is 17.3 Å². The minimum absolute atomic E-state index is 0.0472. The number of hydrogen-bond donors (Lipinski definition) is 2. The number of aliphatic hydroxyl groups is 1. The van der Waals surface area contributed by atoms with Crippen LogP contribution in [0, 0.1) is 5.82 Å². The van der Waals surface area contributed by atoms with Gasteiger partial charge in [0.1, 0.15) is 5.82 Å². The van der Waals surface area contributed by atoms with E-state index in [-0.39, 0.29) is 11.6 Å². The van der Waals surface area contributed by atoms with Gasteiger partial charge in [0.25, 0.3) is 0 Å². The largest absolute Gasteiger partial charge is 0.389 e. The van der Waals surface area contributed by atoms with Crippen LogP contribution in [0.25, 0.3) is 0 Å². The van der Waals surface area contributed by atoms with E-state index < -0.39 is 17.5 Å². The molecule has 0 saturated carbocycles. The number of halogens is 2. The van der Waals surface area contributed by atoms with Gasteiger partial charge in [-0.15, -0.1) is 0 Å². The molecule has 0 aliphatic rings. The molecule has 0 aliphatic heterocycles. The van der Waals surface area contributed by atoms with Crippen LogP contribution in [0.4, 0.5) is 10.1 Å². The Kier molecular flexibility index (Phi) is 5.50. The van der Waals surface area contributed by atoms with Crippen molar-refractivity contribution < 1.29 is 14.3 Å². The summed E-state index contributed by atoms with van der Waals surface area (Å²) in [5.41, 5.74) is -0.865. The van der Waals surface area contributed by atoms with Crippen LogP contribution in [-0.4, -0.2) is 41.1 Å². The number of nitrogens with zero attached hydrogens (tertiary/aromatic N) is 1. The average molecular weight is 303 g/mol. The number of nitrogens with one attached hydrogen (secondary N) is 1. The van der Waals surface area contributed by atoms with E-state index >= 15 is 0 Å². The molecule has 1 unspecified atom stereocenters. The molecule has 0 radical (unpaired) electrons. The number of rotatable bonds is 5. The molecule has 20 heavy (non-hydrogen) atoms. The highest BCUT2D eigenvalue weighted by molar-refractivity contribution is 6.30. The fraction of sp³-hybridized carbons (Fsp3) is 0.500. The Morgan fingerprint density at radius 1 is 1.55 bits per heavy atom. The summed E-state index contributed by atoms with van der Waals surface area (Å²) in [5, 5.41) is 12.6. The summed E-state index contributed by atoms with van der Waals surface area (Å²) < 4.78 is 13.5. The van der Waals surface area contributed by atoms with Gasteiger partial charge in [0, 0.05) is 11.6 Å². The number of benzene rings is 1. The van der Waals surface area contributed by atoms with E-state index in [0.717, 1.165) is 0 Å². The Labute approximate surface area is 123 Å². The second-order valence-corrected chi connectivity index (χ2v) is 5.95. The molecule has 0 saturated heterocycles. The highest BCUT2D eigenvalue weighted by atomic mass is 35.5. The lowest BCUT2D eigenvalue weighted by molar-refractivity contribution is -0.121. The zero-order chi connectivity index (χ0) is 15.5. The Balaban J connectivity index is 2.73. The minimum atomic E-state index is -0.912. The van der Waals surface area contributed by atoms with Gasteiger partial charge in [0.15, 0.2) is 0 Å². The molecule has 6 heteroatoms. The van der Waals surface area contributed by atoms with Gasteiger partial charge in [-0.2, -0.15) is 0 Å². The van der Waals surface area contributed by atoms with Crippen molar-refractivity contribution in [2.45, 2.75) is 32.4 Å². The van der Waals surface area contributed by atoms with Crippen molar-refractivity contribution in [2.75, 3.05) is 18.9 Å². The molecule has 1 aromatic carbocycles. The van der Waals surface area contributed by atoms with Crippen molar-refractivity contribution in [3.8, 4) is 0 Å². The van der Waals surface area contributed by atoms with Crippen LogP contribution in [0.1, 0.15) is 20.8 Å². The summed E-state index contributed by atoms with van der Waals surface area (Å²) in [6, 6.07) is 3.46. The number of anilines is 1. The molecule has 1 atom stereocenters. The first-order valence-corrected chi connectivity index (χ1v) is 6.66. The lowest BCUT2D eigenvalue weighted by atomic mass is 10.1. The maximum absolute atomic E-state index is 13.5. The predicted molar refractivity (Wildman–Crippen MR) is 78.4 cm³/mol. The van der Waals surface area contributed by atoms with Gasteiger partial charge < -0.3 is 10.4 Å². The van der Waals surface area contributed by atoms with E-state index in [1.54, 1.807) is 32.7 Å². The Morgan fingerprint density at radius 2 is 2.15 bits per heavy atom. The first-order valence-electron chi connectivity index (χ1n) is 6.28. The van der Waals surface area contributed by atoms with Crippen LogP contribution >= 0.6 is 11.6 Å². The predicted octanol–water partition coefficient (Wildman–Crippen LogP) is 2.51. The maximum Gasteiger partial charge on any atom is 0.241 e. The minimum Gasteiger partial charge on any atom is -0.389 e. The maximum atomic E-state index is 13.5. The van der Waals surface area contributed by atoms with E-state index in [4.69, 9.17) is 11.6 Å². The second-order valence-electron chi connectivity index (χ2n) is 5.52. The van der Waals surface area contributed by atoms with E-state index in [1.807, 2.05) is 0 Å². The van der Waals surface area contributed by atoms with Gasteiger partial charge in [-0.25, -0.2) is 4.39 Å². The number of amides is 1. The van der Waals surface area contributed by atoms with Crippen molar-refractivity contribution in [3.63, 3.8) is 0 Å². The van der Waals surface area contributed by atoms with Crippen molar-refractivity contribution in [1.29, 1.82) is 0 Å². The summed E-state index contributed by atoms with van der Waals surface area (Å²) >= 11 is 5.77. The lowest BCUT2D eigenvalue weighted by Crippen LogP contribution is -2.46. The third-order valence-corrected chi connectivity index (χ3v) is 3.10. The highest BCUT2D eigenvalue weighted by Gasteiger charge is 2.24. The van der Waals surface area contributed by atoms with Gasteiger partial charge in [-0.3, -0.25) is 9.69 Å². The summed E-state index contributed by atoms with van der Waals surface area (Å²) in [5.74, 6) is -0.905. The van der Waals surface area contributed by atoms with Crippen LogP contribution in [-0.2, 0) is 4.79 Å². The van der Waals surface area contributed by atoms with Gasteiger partial charge >= 0.3 is 0 Å². The number of carbonyl (C=O) groups excluding carboxylic acids is 1. The number of likely N-dealkylation sites (N-methyl/N-ethyl adjacent to an activating group) is 1. The Hall–Kier alpha value is -1.17. The third kappa shape index (κ3) is 5.07. The first-order chi connectivity index (χ1) is 9.10. The molecule has 1 rings (SSSR count). The SMILES string of the molecule is CC(C(=O)Nc1cc(Cl)ccc1F)N(C)CC(C)(C)O. The van der Waals surface area contributed by atoms with Crippen molar-refractivity contribution in [2.24, 2.45) is 0 Å². The molecule has 0 aromatic heterocycles. The zero-order valence-electron chi connectivity index (χ0n) is 12.1. The van der Waals surface area contributed by atoms with Crippen molar-refractivity contribution in [3.05, 3.63) is 29.0 Å². The molecular weight excluding hydrogens is 283 g/mol. The molecule has 1 aromatic rings. The van der Waals surface area contributed by atoms with Crippen LogP contribution < -0.4 is 5.32 Å². The lowest BCUT2D eigenvalue weighted by Gasteiger charge is -2.29. The first kappa shape index (κ1) is 16.9. The number of carbonyl (C=O) groups is 1. The van der Waals surface area contributed by atoms with Crippen LogP contribution in [0.5, 0.6) is 0 Å². The van der Waals surface area contributed by atoms with Crippen LogP contribution in [0.15, 0.2) is 18.2 Å². The average Bonchev–Trinajstić information content (AvgIpc) is 2.30. The molecule has 4 nitrogen and oxygen atoms in total. The molecule has 0 heterocycles. The van der Waals surface area contributed by atoms with Crippen molar-refractivity contribution >= 4 is 23.2 Å². The van der Waals surface area contributed by atoms with E-state index in [9.17, 15) is 14.3 Å². The summed E-state index contributed by atoms with van der Waals surface area (Å²) in [4.78, 5) is 13.8. The molecule has 0 aliphatic carbocycles. The molecule has 112 valence electrons. The normalized spacial score (nSPS) is 13.4. The smallest absolute Gasteiger partial charge is 0.241 e. The summed E-state index contributed by atoms with van der Waals surface area (Å²) in [6.45, 7) is 5.32. The zero-order valence-corrected chi connectivity index (χ0v) is 12.8. The standard InChI is InChI=1S/C14H20ClFN2O2/c1-9(18(4)8-14(2,3)20)13(19)17-12-7-10(15)5-6-11(12)16/h5-7,9,20H,8H2,1-4H3,(H,17,19). The van der Waals surface area contributed by atoms with E-state index in [2.05, 4.69) is 5.32 Å². The van der Waals surface area contributed by atoms with Crippen molar-refractivity contribution in [1.82, 2.24) is 4.90 Å². The molecule has 0 spiro atoms. The fourth-order valence-electron chi connectivity index (χ4n) is 1.78. The second kappa shape index (κ2) is 6.52. The van der Waals surface area contributed by atoms with Gasteiger partial charge in [0.2, 0.25) is 5.91 Å². The summed E-state index contributed by atoms with van der Waals surface area (Å²) in [6.07, 6.45) is 0. The highest BCUT2D eigenvalue weighted by Crippen LogP contribution is 2.20. The Bertz CT molecular complexity index is 489. The van der Waals surface area contributed by atoms with E-state index in [1.165, 1.54) is 18.2 Å². The van der Waals surface area contributed by atoms with Gasteiger partial charge in [-0.1, -0.05) is 11.6 Å². The van der Waals surface area contributed by atoms with Gasteiger partial charge in [-0.05, 0) is 46.0 Å². The molecule has 0 fully saturated rings. The fourth-order valence-corrected chi connectivity index (χ4v) is 1.95. The Morgan fingerprint density at radius 3 is 2.70 bits per heavy atom. The van der Waals surface area contributed by atoms with E-state index in [0.29, 0.717) is 11.6 Å². The third-order valence-electron chi connectivity index (χ3n) is 2.86. The molecule has 0 bridgehead atoms. The number of hydrogen-bond acceptors (Lipinski definition) is 3. The molecule has 1 amide bonds. The molecular formula is C14H20ClFN2O2.